The van der Waals surface area contributed by atoms with Gasteiger partial charge in [0.2, 0.25) is 0 Å². The van der Waals surface area contributed by atoms with Gasteiger partial charge in [0.1, 0.15) is 0 Å². The molecule has 0 aromatic heterocycles. The maximum Gasteiger partial charge on any atom is 0.0229 e. The molecule has 0 spiro atoms. The van der Waals surface area contributed by atoms with Gasteiger partial charge in [-0.15, -0.1) is 0 Å². The predicted molar refractivity (Wildman–Crippen MR) is 54.0 cm³/mol. The molecule has 1 aliphatic carbocycles. The SMILES string of the molecule is CC(C)C1(N)CCCCC1(C)C. The lowest BCUT2D eigenvalue weighted by Gasteiger charge is -2.50. The van der Waals surface area contributed by atoms with Gasteiger partial charge >= 0.3 is 0 Å². The fourth-order valence-corrected chi connectivity index (χ4v) is 2.63. The summed E-state index contributed by atoms with van der Waals surface area (Å²) in [6.07, 6.45) is 5.18. The van der Waals surface area contributed by atoms with Crippen molar-refractivity contribution in [2.75, 3.05) is 0 Å². The molecular formula is C11H23N. The van der Waals surface area contributed by atoms with Crippen LogP contribution in [0.15, 0.2) is 0 Å². The Kier molecular flexibility index (Phi) is 2.53. The summed E-state index contributed by atoms with van der Waals surface area (Å²) in [5, 5.41) is 0. The third-order valence-electron chi connectivity index (χ3n) is 3.93. The largest absolute Gasteiger partial charge is 0.324 e. The van der Waals surface area contributed by atoms with Crippen molar-refractivity contribution in [3.05, 3.63) is 0 Å². The lowest BCUT2D eigenvalue weighted by atomic mass is 9.59. The molecular weight excluding hydrogens is 146 g/mol. The highest BCUT2D eigenvalue weighted by atomic mass is 14.8. The molecule has 0 aromatic rings. The van der Waals surface area contributed by atoms with E-state index in [0.29, 0.717) is 11.3 Å². The van der Waals surface area contributed by atoms with Crippen LogP contribution in [0.1, 0.15) is 53.4 Å². The molecule has 1 fully saturated rings. The molecule has 0 amide bonds. The van der Waals surface area contributed by atoms with Crippen LogP contribution in [0.25, 0.3) is 0 Å². The Hall–Kier alpha value is -0.0400. The van der Waals surface area contributed by atoms with Gasteiger partial charge in [0.25, 0.3) is 0 Å². The zero-order valence-electron chi connectivity index (χ0n) is 8.98. The number of hydrogen-bond acceptors (Lipinski definition) is 1. The van der Waals surface area contributed by atoms with E-state index in [1.54, 1.807) is 0 Å². The first-order valence-corrected chi connectivity index (χ1v) is 5.19. The van der Waals surface area contributed by atoms with Crippen LogP contribution in [0, 0.1) is 11.3 Å². The van der Waals surface area contributed by atoms with Crippen LogP contribution in [0.2, 0.25) is 0 Å². The molecule has 1 atom stereocenters. The molecule has 0 bridgehead atoms. The second kappa shape index (κ2) is 3.02. The highest BCUT2D eigenvalue weighted by molar-refractivity contribution is 5.01. The zero-order chi connectivity index (χ0) is 9.41. The Morgan fingerprint density at radius 3 is 1.92 bits per heavy atom. The van der Waals surface area contributed by atoms with Gasteiger partial charge in [-0.25, -0.2) is 0 Å². The summed E-state index contributed by atoms with van der Waals surface area (Å²) in [7, 11) is 0. The van der Waals surface area contributed by atoms with Crippen molar-refractivity contribution in [1.29, 1.82) is 0 Å². The highest BCUT2D eigenvalue weighted by Gasteiger charge is 2.45. The van der Waals surface area contributed by atoms with Gasteiger partial charge in [0.15, 0.2) is 0 Å². The average molecular weight is 169 g/mol. The second-order valence-corrected chi connectivity index (χ2v) is 5.29. The second-order valence-electron chi connectivity index (χ2n) is 5.29. The predicted octanol–water partition coefficient (Wildman–Crippen LogP) is 2.94. The van der Waals surface area contributed by atoms with E-state index in [0.717, 1.165) is 0 Å². The monoisotopic (exact) mass is 169 g/mol. The summed E-state index contributed by atoms with van der Waals surface area (Å²) in [4.78, 5) is 0. The quantitative estimate of drug-likeness (QED) is 0.641. The molecule has 0 radical (unpaired) electrons. The van der Waals surface area contributed by atoms with Crippen molar-refractivity contribution < 1.29 is 0 Å². The first-order valence-electron chi connectivity index (χ1n) is 5.19. The number of hydrogen-bond donors (Lipinski definition) is 1. The standard InChI is InChI=1S/C11H23N/c1-9(2)11(12)8-6-5-7-10(11,3)4/h9H,5-8,12H2,1-4H3. The summed E-state index contributed by atoms with van der Waals surface area (Å²) < 4.78 is 0. The minimum Gasteiger partial charge on any atom is -0.324 e. The summed E-state index contributed by atoms with van der Waals surface area (Å²) in [5.74, 6) is 0.604. The van der Waals surface area contributed by atoms with Gasteiger partial charge in [-0.3, -0.25) is 0 Å². The molecule has 1 unspecified atom stereocenters. The van der Waals surface area contributed by atoms with E-state index in [2.05, 4.69) is 27.7 Å². The molecule has 1 saturated carbocycles. The number of nitrogens with two attached hydrogens (primary N) is 1. The smallest absolute Gasteiger partial charge is 0.0229 e. The molecule has 1 rings (SSSR count). The third kappa shape index (κ3) is 1.39. The molecule has 0 heterocycles. The summed E-state index contributed by atoms with van der Waals surface area (Å²) >= 11 is 0. The number of rotatable bonds is 1. The van der Waals surface area contributed by atoms with Crippen LogP contribution >= 0.6 is 0 Å². The van der Waals surface area contributed by atoms with Gasteiger partial charge in [0.05, 0.1) is 0 Å². The minimum atomic E-state index is 0.0747. The van der Waals surface area contributed by atoms with Crippen molar-refractivity contribution in [3.63, 3.8) is 0 Å². The lowest BCUT2D eigenvalue weighted by Crippen LogP contribution is -2.58. The topological polar surface area (TPSA) is 26.0 Å². The van der Waals surface area contributed by atoms with Gasteiger partial charge in [0, 0.05) is 5.54 Å². The van der Waals surface area contributed by atoms with Crippen LogP contribution in [0.3, 0.4) is 0 Å². The lowest BCUT2D eigenvalue weighted by molar-refractivity contribution is 0.0578. The van der Waals surface area contributed by atoms with Crippen molar-refractivity contribution >= 4 is 0 Å². The van der Waals surface area contributed by atoms with Gasteiger partial charge in [-0.1, -0.05) is 40.5 Å². The molecule has 1 heteroatoms. The maximum atomic E-state index is 6.48. The van der Waals surface area contributed by atoms with Crippen LogP contribution in [-0.2, 0) is 0 Å². The Labute approximate surface area is 76.7 Å². The van der Waals surface area contributed by atoms with Crippen LogP contribution in [-0.4, -0.2) is 5.54 Å². The van der Waals surface area contributed by atoms with Crippen molar-refractivity contribution in [2.24, 2.45) is 17.1 Å². The summed E-state index contributed by atoms with van der Waals surface area (Å²) in [6.45, 7) is 9.17. The normalized spacial score (nSPS) is 35.5. The maximum absolute atomic E-state index is 6.48. The van der Waals surface area contributed by atoms with Gasteiger partial charge in [-0.2, -0.15) is 0 Å². The average Bonchev–Trinajstić information content (AvgIpc) is 1.95. The molecule has 2 N–H and O–H groups in total. The van der Waals surface area contributed by atoms with E-state index in [9.17, 15) is 0 Å². The third-order valence-corrected chi connectivity index (χ3v) is 3.93. The van der Waals surface area contributed by atoms with E-state index >= 15 is 0 Å². The molecule has 0 aliphatic heterocycles. The summed E-state index contributed by atoms with van der Waals surface area (Å²) in [5.41, 5.74) is 6.89. The van der Waals surface area contributed by atoms with Crippen molar-refractivity contribution in [2.45, 2.75) is 58.9 Å². The van der Waals surface area contributed by atoms with E-state index < -0.39 is 0 Å². The van der Waals surface area contributed by atoms with Crippen LogP contribution in [0.5, 0.6) is 0 Å². The highest BCUT2D eigenvalue weighted by Crippen LogP contribution is 2.45. The van der Waals surface area contributed by atoms with Crippen molar-refractivity contribution in [3.8, 4) is 0 Å². The minimum absolute atomic E-state index is 0.0747. The Morgan fingerprint density at radius 2 is 1.58 bits per heavy atom. The molecule has 1 aliphatic rings. The zero-order valence-corrected chi connectivity index (χ0v) is 8.98. The van der Waals surface area contributed by atoms with E-state index in [4.69, 9.17) is 5.73 Å². The first kappa shape index (κ1) is 10.0. The molecule has 1 nitrogen and oxygen atoms in total. The molecule has 12 heavy (non-hydrogen) atoms. The molecule has 0 saturated heterocycles. The van der Waals surface area contributed by atoms with E-state index in [1.807, 2.05) is 0 Å². The van der Waals surface area contributed by atoms with Gasteiger partial charge < -0.3 is 5.73 Å². The van der Waals surface area contributed by atoms with E-state index in [1.165, 1.54) is 25.7 Å². The van der Waals surface area contributed by atoms with Crippen LogP contribution < -0.4 is 5.73 Å². The summed E-state index contributed by atoms with van der Waals surface area (Å²) in [6, 6.07) is 0. The van der Waals surface area contributed by atoms with E-state index in [-0.39, 0.29) is 5.54 Å². The van der Waals surface area contributed by atoms with Crippen molar-refractivity contribution in [1.82, 2.24) is 0 Å². The van der Waals surface area contributed by atoms with Gasteiger partial charge in [-0.05, 0) is 24.2 Å². The first-order chi connectivity index (χ1) is 5.40. The van der Waals surface area contributed by atoms with Crippen LogP contribution in [0.4, 0.5) is 0 Å². The molecule has 72 valence electrons. The fraction of sp³-hybridized carbons (Fsp3) is 1.00. The Balaban J connectivity index is 2.84. The fourth-order valence-electron chi connectivity index (χ4n) is 2.63. The Morgan fingerprint density at radius 1 is 1.08 bits per heavy atom. The molecule has 0 aromatic carbocycles. The Bertz CT molecular complexity index is 160.